The van der Waals surface area contributed by atoms with Gasteiger partial charge in [-0.2, -0.15) is 15.0 Å². The molecule has 146 valence electrons. The summed E-state index contributed by atoms with van der Waals surface area (Å²) in [6.07, 6.45) is 0. The number of benzene rings is 2. The standard InChI is InChI=1S/C20H23FN6O/c1-14-4-3-5-17(12-14)28-11-10-27(2)13-18-24-19(22)26-20(25-18)23-16-8-6-15(21)7-9-16/h3-9,12H,10-11,13H2,1-2H3,(H3,22,23,24,25,26). The van der Waals surface area contributed by atoms with Crippen molar-refractivity contribution in [2.75, 3.05) is 31.2 Å². The number of hydrogen-bond donors (Lipinski definition) is 2. The van der Waals surface area contributed by atoms with Crippen molar-refractivity contribution in [2.24, 2.45) is 0 Å². The normalized spacial score (nSPS) is 10.9. The van der Waals surface area contributed by atoms with Crippen LogP contribution < -0.4 is 15.8 Å². The van der Waals surface area contributed by atoms with Crippen molar-refractivity contribution in [1.82, 2.24) is 19.9 Å². The highest BCUT2D eigenvalue weighted by Crippen LogP contribution is 2.15. The van der Waals surface area contributed by atoms with E-state index >= 15 is 0 Å². The first kappa shape index (κ1) is 19.5. The third kappa shape index (κ3) is 5.88. The number of nitrogens with zero attached hydrogens (tertiary/aromatic N) is 4. The van der Waals surface area contributed by atoms with E-state index in [0.717, 1.165) is 11.3 Å². The topological polar surface area (TPSA) is 89.2 Å². The molecular formula is C20H23FN6O. The van der Waals surface area contributed by atoms with Crippen LogP contribution >= 0.6 is 0 Å². The molecule has 2 aromatic carbocycles. The number of aryl methyl sites for hydroxylation is 1. The molecule has 0 bridgehead atoms. The average molecular weight is 382 g/mol. The molecule has 0 unspecified atom stereocenters. The summed E-state index contributed by atoms with van der Waals surface area (Å²) in [6, 6.07) is 13.9. The van der Waals surface area contributed by atoms with Gasteiger partial charge < -0.3 is 15.8 Å². The first-order chi connectivity index (χ1) is 13.5. The van der Waals surface area contributed by atoms with Crippen molar-refractivity contribution in [3.63, 3.8) is 0 Å². The van der Waals surface area contributed by atoms with Gasteiger partial charge in [-0.05, 0) is 55.9 Å². The maximum absolute atomic E-state index is 13.0. The first-order valence-corrected chi connectivity index (χ1v) is 8.89. The first-order valence-electron chi connectivity index (χ1n) is 8.89. The van der Waals surface area contributed by atoms with E-state index in [1.165, 1.54) is 12.1 Å². The van der Waals surface area contributed by atoms with Gasteiger partial charge in [-0.1, -0.05) is 12.1 Å². The van der Waals surface area contributed by atoms with Gasteiger partial charge in [0, 0.05) is 12.2 Å². The lowest BCUT2D eigenvalue weighted by molar-refractivity contribution is 0.229. The molecule has 0 fully saturated rings. The summed E-state index contributed by atoms with van der Waals surface area (Å²) in [5.41, 5.74) is 7.62. The number of nitrogens with one attached hydrogen (secondary N) is 1. The minimum Gasteiger partial charge on any atom is -0.492 e. The lowest BCUT2D eigenvalue weighted by Gasteiger charge is -2.16. The molecule has 0 aliphatic carbocycles. The molecule has 3 aromatic rings. The second-order valence-corrected chi connectivity index (χ2v) is 6.47. The smallest absolute Gasteiger partial charge is 0.232 e. The minimum absolute atomic E-state index is 0.124. The van der Waals surface area contributed by atoms with Crippen LogP contribution in [-0.4, -0.2) is 40.1 Å². The van der Waals surface area contributed by atoms with E-state index in [-0.39, 0.29) is 11.8 Å². The largest absolute Gasteiger partial charge is 0.492 e. The molecule has 0 aliphatic heterocycles. The lowest BCUT2D eigenvalue weighted by Crippen LogP contribution is -2.25. The Hall–Kier alpha value is -3.26. The van der Waals surface area contributed by atoms with Gasteiger partial charge in [0.25, 0.3) is 0 Å². The zero-order chi connectivity index (χ0) is 19.9. The maximum Gasteiger partial charge on any atom is 0.232 e. The zero-order valence-electron chi connectivity index (χ0n) is 15.9. The van der Waals surface area contributed by atoms with Crippen LogP contribution in [0.15, 0.2) is 48.5 Å². The highest BCUT2D eigenvalue weighted by molar-refractivity contribution is 5.53. The van der Waals surface area contributed by atoms with E-state index in [1.54, 1.807) is 12.1 Å². The van der Waals surface area contributed by atoms with Gasteiger partial charge in [-0.15, -0.1) is 0 Å². The molecule has 0 saturated heterocycles. The van der Waals surface area contributed by atoms with E-state index in [0.29, 0.717) is 37.2 Å². The number of halogens is 1. The summed E-state index contributed by atoms with van der Waals surface area (Å²) in [7, 11) is 1.95. The molecule has 8 heteroatoms. The van der Waals surface area contributed by atoms with Crippen molar-refractivity contribution in [3.8, 4) is 5.75 Å². The van der Waals surface area contributed by atoms with Crippen LogP contribution in [-0.2, 0) is 6.54 Å². The van der Waals surface area contributed by atoms with Crippen molar-refractivity contribution >= 4 is 17.6 Å². The highest BCUT2D eigenvalue weighted by atomic mass is 19.1. The number of anilines is 3. The number of nitrogens with two attached hydrogens (primary N) is 1. The molecule has 3 N–H and O–H groups in total. The van der Waals surface area contributed by atoms with Gasteiger partial charge in [0.05, 0.1) is 6.54 Å². The van der Waals surface area contributed by atoms with E-state index < -0.39 is 0 Å². The molecule has 0 saturated carbocycles. The van der Waals surface area contributed by atoms with E-state index in [4.69, 9.17) is 10.5 Å². The van der Waals surface area contributed by atoms with Crippen molar-refractivity contribution in [2.45, 2.75) is 13.5 Å². The van der Waals surface area contributed by atoms with Crippen LogP contribution in [0.2, 0.25) is 0 Å². The third-order valence-electron chi connectivity index (χ3n) is 3.94. The van der Waals surface area contributed by atoms with E-state index in [2.05, 4.69) is 20.3 Å². The summed E-state index contributed by atoms with van der Waals surface area (Å²) in [4.78, 5) is 14.7. The molecular weight excluding hydrogens is 359 g/mol. The Balaban J connectivity index is 1.55. The molecule has 0 aliphatic rings. The second kappa shape index (κ2) is 9.09. The Morgan fingerprint density at radius 2 is 1.89 bits per heavy atom. The second-order valence-electron chi connectivity index (χ2n) is 6.47. The summed E-state index contributed by atoms with van der Waals surface area (Å²) >= 11 is 0. The number of ether oxygens (including phenoxy) is 1. The molecule has 0 amide bonds. The molecule has 0 spiro atoms. The molecule has 0 atom stereocenters. The Labute approximate surface area is 163 Å². The predicted octanol–water partition coefficient (Wildman–Crippen LogP) is 3.16. The van der Waals surface area contributed by atoms with Crippen LogP contribution in [0, 0.1) is 12.7 Å². The van der Waals surface area contributed by atoms with Gasteiger partial charge in [0.1, 0.15) is 24.0 Å². The fraction of sp³-hybridized carbons (Fsp3) is 0.250. The quantitative estimate of drug-likeness (QED) is 0.618. The summed E-state index contributed by atoms with van der Waals surface area (Å²) in [5, 5.41) is 3.00. The predicted molar refractivity (Wildman–Crippen MR) is 107 cm³/mol. The Bertz CT molecular complexity index is 919. The zero-order valence-corrected chi connectivity index (χ0v) is 15.9. The van der Waals surface area contributed by atoms with Gasteiger partial charge in [0.15, 0.2) is 0 Å². The van der Waals surface area contributed by atoms with Crippen LogP contribution in [0.3, 0.4) is 0 Å². The van der Waals surface area contributed by atoms with E-state index in [1.807, 2.05) is 43.1 Å². The van der Waals surface area contributed by atoms with Crippen molar-refractivity contribution in [3.05, 3.63) is 65.7 Å². The van der Waals surface area contributed by atoms with Gasteiger partial charge in [-0.25, -0.2) is 4.39 Å². The molecule has 0 radical (unpaired) electrons. The number of hydrogen-bond acceptors (Lipinski definition) is 7. The highest BCUT2D eigenvalue weighted by Gasteiger charge is 2.08. The Morgan fingerprint density at radius 1 is 1.11 bits per heavy atom. The number of likely N-dealkylation sites (N-methyl/N-ethyl adjacent to an activating group) is 1. The van der Waals surface area contributed by atoms with Crippen molar-refractivity contribution < 1.29 is 9.13 Å². The van der Waals surface area contributed by atoms with E-state index in [9.17, 15) is 4.39 Å². The third-order valence-corrected chi connectivity index (χ3v) is 3.94. The molecule has 28 heavy (non-hydrogen) atoms. The van der Waals surface area contributed by atoms with Crippen LogP contribution in [0.1, 0.15) is 11.4 Å². The lowest BCUT2D eigenvalue weighted by atomic mass is 10.2. The molecule has 1 heterocycles. The maximum atomic E-state index is 13.0. The molecule has 3 rings (SSSR count). The monoisotopic (exact) mass is 382 g/mol. The van der Waals surface area contributed by atoms with Gasteiger partial charge in [0.2, 0.25) is 11.9 Å². The average Bonchev–Trinajstić information content (AvgIpc) is 2.63. The summed E-state index contributed by atoms with van der Waals surface area (Å²) < 4.78 is 18.8. The Morgan fingerprint density at radius 3 is 2.64 bits per heavy atom. The number of aromatic nitrogens is 3. The summed E-state index contributed by atoms with van der Waals surface area (Å²) in [5.74, 6) is 1.52. The number of rotatable bonds is 8. The van der Waals surface area contributed by atoms with Crippen LogP contribution in [0.25, 0.3) is 0 Å². The van der Waals surface area contributed by atoms with Gasteiger partial charge in [-0.3, -0.25) is 4.90 Å². The number of nitrogen functional groups attached to an aromatic ring is 1. The van der Waals surface area contributed by atoms with Crippen LogP contribution in [0.5, 0.6) is 5.75 Å². The molecule has 7 nitrogen and oxygen atoms in total. The van der Waals surface area contributed by atoms with Crippen molar-refractivity contribution in [1.29, 1.82) is 0 Å². The van der Waals surface area contributed by atoms with Crippen LogP contribution in [0.4, 0.5) is 22.0 Å². The Kier molecular flexibility index (Phi) is 6.33. The fourth-order valence-corrected chi connectivity index (χ4v) is 2.57. The summed E-state index contributed by atoms with van der Waals surface area (Å²) in [6.45, 7) is 3.76. The van der Waals surface area contributed by atoms with Gasteiger partial charge >= 0.3 is 0 Å². The fourth-order valence-electron chi connectivity index (χ4n) is 2.57. The molecule has 1 aromatic heterocycles. The minimum atomic E-state index is -0.309. The SMILES string of the molecule is Cc1cccc(OCCN(C)Cc2nc(N)nc(Nc3ccc(F)cc3)n2)c1.